The van der Waals surface area contributed by atoms with Gasteiger partial charge in [-0.2, -0.15) is 0 Å². The Kier molecular flexibility index (Phi) is 4.72. The molecule has 23 heavy (non-hydrogen) atoms. The van der Waals surface area contributed by atoms with Crippen molar-refractivity contribution in [2.24, 2.45) is 5.73 Å². The van der Waals surface area contributed by atoms with Crippen molar-refractivity contribution < 1.29 is 22.6 Å². The summed E-state index contributed by atoms with van der Waals surface area (Å²) in [7, 11) is 0. The quantitative estimate of drug-likeness (QED) is 0.905. The van der Waals surface area contributed by atoms with Crippen molar-refractivity contribution in [2.45, 2.75) is 18.3 Å². The number of hydrogen-bond donors (Lipinski definition) is 1. The zero-order chi connectivity index (χ0) is 15.8. The van der Waals surface area contributed by atoms with Crippen molar-refractivity contribution in [3.8, 4) is 11.5 Å². The van der Waals surface area contributed by atoms with Crippen LogP contribution in [-0.4, -0.2) is 18.0 Å². The average Bonchev–Trinajstić information content (AvgIpc) is 2.47. The molecule has 1 aromatic carbocycles. The van der Waals surface area contributed by atoms with E-state index in [1.54, 1.807) is 18.3 Å². The second-order valence-corrected chi connectivity index (χ2v) is 4.99. The average molecular weight is 347 g/mol. The van der Waals surface area contributed by atoms with Gasteiger partial charge in [-0.1, -0.05) is 12.1 Å². The number of ether oxygens (including phenoxy) is 2. The first-order valence-electron chi connectivity index (χ1n) is 6.62. The molecule has 0 aliphatic carbocycles. The van der Waals surface area contributed by atoms with E-state index in [1.165, 1.54) is 24.3 Å². The molecule has 1 aliphatic heterocycles. The summed E-state index contributed by atoms with van der Waals surface area (Å²) < 4.78 is 46.0. The van der Waals surface area contributed by atoms with E-state index in [-0.39, 0.29) is 18.2 Å². The highest BCUT2D eigenvalue weighted by Crippen LogP contribution is 2.38. The van der Waals surface area contributed by atoms with E-state index in [9.17, 15) is 13.2 Å². The molecule has 3 rings (SSSR count). The lowest BCUT2D eigenvalue weighted by atomic mass is 9.82. The van der Waals surface area contributed by atoms with Crippen LogP contribution in [0.2, 0.25) is 0 Å². The van der Waals surface area contributed by atoms with E-state index in [4.69, 9.17) is 10.5 Å². The van der Waals surface area contributed by atoms with Crippen LogP contribution in [0.15, 0.2) is 42.6 Å². The van der Waals surface area contributed by atoms with Crippen molar-refractivity contribution >= 4 is 12.4 Å². The Labute approximate surface area is 136 Å². The Morgan fingerprint density at radius 3 is 2.52 bits per heavy atom. The maximum absolute atomic E-state index is 12.2. The molecular formula is C15H14ClF3N2O2. The van der Waals surface area contributed by atoms with Crippen molar-refractivity contribution in [3.63, 3.8) is 0 Å². The minimum atomic E-state index is -4.71. The highest BCUT2D eigenvalue weighted by atomic mass is 35.5. The summed E-state index contributed by atoms with van der Waals surface area (Å²) in [6.45, 7) is 0.413. The van der Waals surface area contributed by atoms with Gasteiger partial charge in [0.2, 0.25) is 0 Å². The molecule has 1 aliphatic rings. The van der Waals surface area contributed by atoms with E-state index < -0.39 is 11.9 Å². The number of halogens is 4. The van der Waals surface area contributed by atoms with E-state index in [1.807, 2.05) is 0 Å². The standard InChI is InChI=1S/C15H13F3N2O2.ClH/c16-15(17,18)22-11-5-3-10(4-6-11)14(19)7-9-21-12-2-1-8-20-13(12)14;/h1-6,8H,7,9,19H2;1H/t14-;/m0./s1. The molecule has 0 fully saturated rings. The predicted molar refractivity (Wildman–Crippen MR) is 79.7 cm³/mol. The lowest BCUT2D eigenvalue weighted by Gasteiger charge is -2.34. The van der Waals surface area contributed by atoms with Gasteiger partial charge in [0.15, 0.2) is 0 Å². The summed E-state index contributed by atoms with van der Waals surface area (Å²) in [5, 5.41) is 0. The molecule has 0 radical (unpaired) electrons. The first-order valence-corrected chi connectivity index (χ1v) is 6.62. The van der Waals surface area contributed by atoms with Crippen molar-refractivity contribution in [2.75, 3.05) is 6.61 Å². The Balaban J connectivity index is 0.00000192. The lowest BCUT2D eigenvalue weighted by molar-refractivity contribution is -0.274. The summed E-state index contributed by atoms with van der Waals surface area (Å²) in [6.07, 6.45) is -2.62. The number of hydrogen-bond acceptors (Lipinski definition) is 4. The van der Waals surface area contributed by atoms with Gasteiger partial charge in [-0.25, -0.2) is 0 Å². The van der Waals surface area contributed by atoms with Crippen LogP contribution in [0.25, 0.3) is 0 Å². The van der Waals surface area contributed by atoms with Gasteiger partial charge in [-0.05, 0) is 29.8 Å². The molecule has 0 saturated carbocycles. The van der Waals surface area contributed by atoms with Gasteiger partial charge < -0.3 is 15.2 Å². The smallest absolute Gasteiger partial charge is 0.491 e. The highest BCUT2D eigenvalue weighted by Gasteiger charge is 2.37. The first-order chi connectivity index (χ1) is 10.4. The molecule has 4 nitrogen and oxygen atoms in total. The topological polar surface area (TPSA) is 57.4 Å². The van der Waals surface area contributed by atoms with Crippen LogP contribution >= 0.6 is 12.4 Å². The summed E-state index contributed by atoms with van der Waals surface area (Å²) in [5.74, 6) is 0.306. The normalized spacial score (nSPS) is 20.0. The molecule has 1 atom stereocenters. The fourth-order valence-corrected chi connectivity index (χ4v) is 2.52. The lowest BCUT2D eigenvalue weighted by Crippen LogP contribution is -2.43. The largest absolute Gasteiger partial charge is 0.573 e. The molecule has 0 unspecified atom stereocenters. The van der Waals surface area contributed by atoms with Gasteiger partial charge in [0.1, 0.15) is 17.2 Å². The third-order valence-corrected chi connectivity index (χ3v) is 3.55. The number of nitrogens with two attached hydrogens (primary N) is 1. The van der Waals surface area contributed by atoms with Crippen molar-refractivity contribution in [1.82, 2.24) is 4.98 Å². The second-order valence-electron chi connectivity index (χ2n) is 4.99. The van der Waals surface area contributed by atoms with Gasteiger partial charge in [-0.15, -0.1) is 25.6 Å². The minimum Gasteiger partial charge on any atom is -0.491 e. The molecule has 0 bridgehead atoms. The molecule has 0 spiro atoms. The SMILES string of the molecule is Cl.N[C@]1(c2ccc(OC(F)(F)F)cc2)CCOc2cccnc21. The zero-order valence-electron chi connectivity index (χ0n) is 11.8. The second kappa shape index (κ2) is 6.25. The van der Waals surface area contributed by atoms with E-state index in [0.29, 0.717) is 30.0 Å². The Bertz CT molecular complexity index is 679. The van der Waals surface area contributed by atoms with Crippen LogP contribution in [-0.2, 0) is 5.54 Å². The molecule has 124 valence electrons. The van der Waals surface area contributed by atoms with Crippen LogP contribution in [0.1, 0.15) is 17.7 Å². The Hall–Kier alpha value is -1.99. The molecule has 0 saturated heterocycles. The number of rotatable bonds is 2. The Morgan fingerprint density at radius 1 is 1.17 bits per heavy atom. The number of pyridine rings is 1. The highest BCUT2D eigenvalue weighted by molar-refractivity contribution is 5.85. The van der Waals surface area contributed by atoms with Gasteiger partial charge >= 0.3 is 6.36 Å². The molecule has 2 aromatic rings. The maximum atomic E-state index is 12.2. The van der Waals surface area contributed by atoms with E-state index in [2.05, 4.69) is 9.72 Å². The summed E-state index contributed by atoms with van der Waals surface area (Å²) >= 11 is 0. The third kappa shape index (κ3) is 3.51. The first kappa shape index (κ1) is 17.4. The molecule has 0 amide bonds. The molecular weight excluding hydrogens is 333 g/mol. The number of alkyl halides is 3. The molecule has 1 aromatic heterocycles. The minimum absolute atomic E-state index is 0. The zero-order valence-corrected chi connectivity index (χ0v) is 12.7. The monoisotopic (exact) mass is 346 g/mol. The van der Waals surface area contributed by atoms with Gasteiger partial charge in [0, 0.05) is 12.6 Å². The number of fused-ring (bicyclic) bond motifs is 1. The number of benzene rings is 1. The van der Waals surface area contributed by atoms with E-state index >= 15 is 0 Å². The van der Waals surface area contributed by atoms with Gasteiger partial charge in [-0.3, -0.25) is 4.98 Å². The van der Waals surface area contributed by atoms with Crippen LogP contribution < -0.4 is 15.2 Å². The predicted octanol–water partition coefficient (Wildman–Crippen LogP) is 3.39. The number of nitrogens with zero attached hydrogens (tertiary/aromatic N) is 1. The molecule has 8 heteroatoms. The number of aromatic nitrogens is 1. The van der Waals surface area contributed by atoms with E-state index in [0.717, 1.165) is 0 Å². The Morgan fingerprint density at radius 2 is 1.87 bits per heavy atom. The fourth-order valence-electron chi connectivity index (χ4n) is 2.52. The van der Waals surface area contributed by atoms with Crippen LogP contribution in [0.4, 0.5) is 13.2 Å². The summed E-state index contributed by atoms with van der Waals surface area (Å²) in [4.78, 5) is 4.27. The molecule has 2 N–H and O–H groups in total. The fraction of sp³-hybridized carbons (Fsp3) is 0.267. The third-order valence-electron chi connectivity index (χ3n) is 3.55. The van der Waals surface area contributed by atoms with Gasteiger partial charge in [0.05, 0.1) is 12.1 Å². The van der Waals surface area contributed by atoms with Crippen LogP contribution in [0, 0.1) is 0 Å². The van der Waals surface area contributed by atoms with Gasteiger partial charge in [0.25, 0.3) is 0 Å². The summed E-state index contributed by atoms with van der Waals surface area (Å²) in [5.41, 5.74) is 6.80. The van der Waals surface area contributed by atoms with Crippen molar-refractivity contribution in [3.05, 3.63) is 53.9 Å². The summed E-state index contributed by atoms with van der Waals surface area (Å²) in [6, 6.07) is 9.04. The van der Waals surface area contributed by atoms with Crippen LogP contribution in [0.3, 0.4) is 0 Å². The van der Waals surface area contributed by atoms with Crippen LogP contribution in [0.5, 0.6) is 11.5 Å². The van der Waals surface area contributed by atoms with Crippen molar-refractivity contribution in [1.29, 1.82) is 0 Å². The molecule has 2 heterocycles. The maximum Gasteiger partial charge on any atom is 0.573 e.